The van der Waals surface area contributed by atoms with Gasteiger partial charge in [-0.05, 0) is 73.9 Å². The largest absolute Gasteiger partial charge is 0.493 e. The second kappa shape index (κ2) is 16.4. The minimum Gasteiger partial charge on any atom is -0.493 e. The normalized spacial score (nSPS) is 17.9. The number of rotatable bonds is 9. The third kappa shape index (κ3) is 8.20. The number of ether oxygens (including phenoxy) is 1. The van der Waals surface area contributed by atoms with Crippen LogP contribution in [0.25, 0.3) is 0 Å². The number of amides is 3. The molecule has 2 atom stereocenters. The van der Waals surface area contributed by atoms with Gasteiger partial charge in [-0.15, -0.1) is 0 Å². The van der Waals surface area contributed by atoms with E-state index in [1.807, 2.05) is 36.1 Å². The predicted molar refractivity (Wildman–Crippen MR) is 198 cm³/mol. The van der Waals surface area contributed by atoms with E-state index in [0.29, 0.717) is 70.6 Å². The first kappa shape index (κ1) is 38.9. The Labute approximate surface area is 309 Å². The lowest BCUT2D eigenvalue weighted by molar-refractivity contribution is -0.170. The molecule has 3 aromatic rings. The molecule has 5 rings (SSSR count). The molecule has 0 spiro atoms. The number of halogens is 3. The van der Waals surface area contributed by atoms with Crippen molar-refractivity contribution in [2.75, 3.05) is 53.5 Å². The maximum atomic E-state index is 14.9. The number of hydrogen-bond donors (Lipinski definition) is 0. The molecule has 50 heavy (non-hydrogen) atoms. The lowest BCUT2D eigenvalue weighted by Gasteiger charge is -2.39. The van der Waals surface area contributed by atoms with Crippen molar-refractivity contribution >= 4 is 52.6 Å². The van der Waals surface area contributed by atoms with Gasteiger partial charge in [0, 0.05) is 48.3 Å². The van der Waals surface area contributed by atoms with Gasteiger partial charge in [-0.2, -0.15) is 5.26 Å². The van der Waals surface area contributed by atoms with Crippen molar-refractivity contribution in [1.29, 1.82) is 5.26 Å². The minimum absolute atomic E-state index is 0. The molecule has 10 nitrogen and oxygen atoms in total. The van der Waals surface area contributed by atoms with Crippen LogP contribution in [-0.4, -0.2) is 91.0 Å². The molecule has 3 aromatic carbocycles. The Hall–Kier alpha value is -3.85. The number of hydrogen-bond acceptors (Lipinski definition) is 7. The van der Waals surface area contributed by atoms with Gasteiger partial charge in [-0.3, -0.25) is 24.4 Å². The second-order valence-electron chi connectivity index (χ2n) is 12.4. The van der Waals surface area contributed by atoms with E-state index < -0.39 is 17.5 Å². The van der Waals surface area contributed by atoms with E-state index in [1.54, 1.807) is 67.1 Å². The number of nitrogens with zero attached hydrogens (tertiary/aromatic N) is 6. The van der Waals surface area contributed by atoms with Crippen molar-refractivity contribution in [3.8, 4) is 11.8 Å². The Morgan fingerprint density at radius 1 is 0.980 bits per heavy atom. The van der Waals surface area contributed by atoms with E-state index in [4.69, 9.17) is 49.4 Å². The van der Waals surface area contributed by atoms with E-state index in [-0.39, 0.29) is 25.9 Å². The molecule has 13 heteroatoms. The summed E-state index contributed by atoms with van der Waals surface area (Å²) in [6.07, 6.45) is 0. The summed E-state index contributed by atoms with van der Waals surface area (Å²) in [7, 11) is 3.02. The number of hydroxylamine groups is 2. The van der Waals surface area contributed by atoms with Crippen molar-refractivity contribution in [2.24, 2.45) is 4.99 Å². The molecule has 2 aliphatic rings. The third-order valence-electron chi connectivity index (χ3n) is 8.89. The number of aliphatic imine (C=N–C) groups is 1. The zero-order valence-electron chi connectivity index (χ0n) is 28.1. The van der Waals surface area contributed by atoms with E-state index in [9.17, 15) is 14.9 Å². The minimum atomic E-state index is -0.898. The van der Waals surface area contributed by atoms with Crippen LogP contribution < -0.4 is 4.74 Å². The molecule has 0 aliphatic carbocycles. The van der Waals surface area contributed by atoms with Gasteiger partial charge >= 0.3 is 6.03 Å². The fourth-order valence-corrected chi connectivity index (χ4v) is 6.69. The highest BCUT2D eigenvalue weighted by molar-refractivity contribution is 6.32. The topological polar surface area (TPSA) is 102 Å². The fourth-order valence-electron chi connectivity index (χ4n) is 6.04. The zero-order chi connectivity index (χ0) is 35.5. The lowest BCUT2D eigenvalue weighted by Crippen LogP contribution is -2.55. The van der Waals surface area contributed by atoms with Crippen LogP contribution in [0.15, 0.2) is 65.7 Å². The van der Waals surface area contributed by atoms with E-state index >= 15 is 0 Å². The fraction of sp³-hybridized carbons (Fsp3) is 0.405. The monoisotopic (exact) mass is 740 g/mol. The van der Waals surface area contributed by atoms with Gasteiger partial charge in [-0.1, -0.05) is 66.5 Å². The van der Waals surface area contributed by atoms with Crippen LogP contribution in [0.5, 0.6) is 5.75 Å². The summed E-state index contributed by atoms with van der Waals surface area (Å²) in [4.78, 5) is 43.1. The van der Waals surface area contributed by atoms with Crippen LogP contribution in [0.4, 0.5) is 4.79 Å². The average Bonchev–Trinajstić information content (AvgIpc) is 3.49. The Kier molecular flexibility index (Phi) is 12.8. The van der Waals surface area contributed by atoms with Crippen LogP contribution in [-0.2, 0) is 15.0 Å². The number of urea groups is 1. The number of nitriles is 1. The van der Waals surface area contributed by atoms with Gasteiger partial charge in [0.15, 0.2) is 0 Å². The van der Waals surface area contributed by atoms with Crippen LogP contribution in [0, 0.1) is 11.3 Å². The van der Waals surface area contributed by atoms with Gasteiger partial charge in [-0.25, -0.2) is 9.86 Å². The average molecular weight is 742 g/mol. The zero-order valence-corrected chi connectivity index (χ0v) is 30.4. The van der Waals surface area contributed by atoms with Gasteiger partial charge in [0.1, 0.15) is 17.6 Å². The summed E-state index contributed by atoms with van der Waals surface area (Å²) >= 11 is 19.5. The van der Waals surface area contributed by atoms with Crippen molar-refractivity contribution in [2.45, 2.75) is 45.7 Å². The first-order valence-corrected chi connectivity index (χ1v) is 17.1. The summed E-state index contributed by atoms with van der Waals surface area (Å²) in [5.74, 6) is 0.670. The first-order valence-electron chi connectivity index (χ1n) is 16.0. The highest BCUT2D eigenvalue weighted by atomic mass is 35.5. The lowest BCUT2D eigenvalue weighted by atomic mass is 9.85. The van der Waals surface area contributed by atoms with Gasteiger partial charge in [0.25, 0.3) is 5.91 Å². The van der Waals surface area contributed by atoms with Gasteiger partial charge < -0.3 is 9.64 Å². The van der Waals surface area contributed by atoms with E-state index in [2.05, 4.69) is 6.07 Å². The molecule has 0 unspecified atom stereocenters. The Balaban J connectivity index is 0.00000562. The summed E-state index contributed by atoms with van der Waals surface area (Å²) in [6, 6.07) is 19.3. The molecule has 0 saturated carbocycles. The number of likely N-dealkylation sites (N-methyl/N-ethyl adjacent to an activating group) is 1. The van der Waals surface area contributed by atoms with Gasteiger partial charge in [0.2, 0.25) is 0 Å². The van der Waals surface area contributed by atoms with Crippen LogP contribution in [0.3, 0.4) is 0 Å². The smallest absolute Gasteiger partial charge is 0.326 e. The molecule has 0 radical (unpaired) electrons. The molecule has 0 N–H and O–H groups in total. The number of piperazine rings is 1. The SMILES string of the molecule is C.CCOc1cc(C(C)(C)C#N)c(Cl)cc1C1=N[C@@H](c2ccc(Cl)cc2)[C@@H](c2ccc(Cl)cc2)N1C(=O)N1CCN(CC(=O)N(C)OC)CC1. The van der Waals surface area contributed by atoms with Crippen molar-refractivity contribution in [3.05, 3.63) is 98.0 Å². The molecule has 1 saturated heterocycles. The summed E-state index contributed by atoms with van der Waals surface area (Å²) in [6.45, 7) is 7.73. The summed E-state index contributed by atoms with van der Waals surface area (Å²) in [5, 5.41) is 12.6. The van der Waals surface area contributed by atoms with Crippen molar-refractivity contribution in [3.63, 3.8) is 0 Å². The number of carbonyl (C=O) groups is 2. The molecule has 266 valence electrons. The number of benzene rings is 3. The predicted octanol–water partition coefficient (Wildman–Crippen LogP) is 7.78. The van der Waals surface area contributed by atoms with Gasteiger partial charge in [0.05, 0.1) is 43.4 Å². The van der Waals surface area contributed by atoms with Crippen molar-refractivity contribution < 1.29 is 19.2 Å². The van der Waals surface area contributed by atoms with Crippen LogP contribution in [0.2, 0.25) is 15.1 Å². The standard InChI is InChI=1S/C36H39Cl3N6O4.CH4/c1-6-49-30-20-28(36(2,3)22-40)29(39)19-27(30)34-41-32(23-7-11-25(37)12-8-23)33(24-9-13-26(38)14-10-24)45(34)35(47)44-17-15-43(16-18-44)21-31(46)42(4)48-5;/h7-14,19-20,32-33H,6,15-18,21H2,1-5H3;1H4/t32-,33+;/m0./s1. The van der Waals surface area contributed by atoms with E-state index in [1.165, 1.54) is 12.2 Å². The second-order valence-corrected chi connectivity index (χ2v) is 13.7. The highest BCUT2D eigenvalue weighted by Gasteiger charge is 2.45. The molecule has 1 fully saturated rings. The Morgan fingerprint density at radius 2 is 1.56 bits per heavy atom. The molecule has 0 bridgehead atoms. The summed E-state index contributed by atoms with van der Waals surface area (Å²) in [5.41, 5.74) is 1.92. The quantitative estimate of drug-likeness (QED) is 0.208. The van der Waals surface area contributed by atoms with Crippen LogP contribution in [0.1, 0.15) is 62.5 Å². The molecule has 0 aromatic heterocycles. The molecular weight excluding hydrogens is 699 g/mol. The molecule has 2 heterocycles. The first-order chi connectivity index (χ1) is 23.4. The maximum absolute atomic E-state index is 14.9. The van der Waals surface area contributed by atoms with E-state index in [0.717, 1.165) is 11.1 Å². The number of amidine groups is 1. The Bertz CT molecular complexity index is 1750. The highest BCUT2D eigenvalue weighted by Crippen LogP contribution is 2.46. The number of carbonyl (C=O) groups excluding carboxylic acids is 2. The van der Waals surface area contributed by atoms with Crippen LogP contribution >= 0.6 is 34.8 Å². The molecule has 3 amide bonds. The third-order valence-corrected chi connectivity index (χ3v) is 9.70. The van der Waals surface area contributed by atoms with Crippen molar-refractivity contribution in [1.82, 2.24) is 19.8 Å². The molecule has 2 aliphatic heterocycles. The Morgan fingerprint density at radius 3 is 2.10 bits per heavy atom. The summed E-state index contributed by atoms with van der Waals surface area (Å²) < 4.78 is 6.16. The molecular formula is C37H43Cl3N6O4. The maximum Gasteiger partial charge on any atom is 0.326 e.